The number of ether oxygens (including phenoxy) is 2. The van der Waals surface area contributed by atoms with Gasteiger partial charge in [0.05, 0.1) is 19.2 Å². The van der Waals surface area contributed by atoms with Gasteiger partial charge in [0.15, 0.2) is 11.5 Å². The highest BCUT2D eigenvalue weighted by molar-refractivity contribution is 9.10. The third-order valence-corrected chi connectivity index (χ3v) is 6.08. The van der Waals surface area contributed by atoms with Crippen molar-refractivity contribution >= 4 is 44.3 Å². The highest BCUT2D eigenvalue weighted by atomic mass is 79.9. The maximum atomic E-state index is 12.9. The number of fused-ring (bicyclic) bond motifs is 3. The van der Waals surface area contributed by atoms with Crippen LogP contribution in [0.1, 0.15) is 13.8 Å². The van der Waals surface area contributed by atoms with Gasteiger partial charge in [-0.3, -0.25) is 4.79 Å². The van der Waals surface area contributed by atoms with Gasteiger partial charge in [-0.15, -0.1) is 5.10 Å². The van der Waals surface area contributed by atoms with Gasteiger partial charge < -0.3 is 20.1 Å². The van der Waals surface area contributed by atoms with Crippen molar-refractivity contribution in [2.75, 3.05) is 32.7 Å². The lowest BCUT2D eigenvalue weighted by molar-refractivity contribution is -0.122. The van der Waals surface area contributed by atoms with Crippen LogP contribution in [-0.4, -0.2) is 58.9 Å². The van der Waals surface area contributed by atoms with Crippen LogP contribution in [-0.2, 0) is 9.53 Å². The second-order valence-electron chi connectivity index (χ2n) is 8.12. The van der Waals surface area contributed by atoms with E-state index in [2.05, 4.69) is 26.6 Å². The highest BCUT2D eigenvalue weighted by Gasteiger charge is 2.25. The van der Waals surface area contributed by atoms with E-state index in [0.717, 1.165) is 26.7 Å². The van der Waals surface area contributed by atoms with Crippen LogP contribution < -0.4 is 15.4 Å². The number of aromatic nitrogens is 4. The molecule has 0 saturated heterocycles. The predicted octanol–water partition coefficient (Wildman–Crippen LogP) is 3.91. The number of benzene rings is 2. The summed E-state index contributed by atoms with van der Waals surface area (Å²) >= 11 is 3.60. The molecule has 178 valence electrons. The number of carbonyl (C=O) groups is 1. The van der Waals surface area contributed by atoms with Crippen molar-refractivity contribution < 1.29 is 14.3 Å². The summed E-state index contributed by atoms with van der Waals surface area (Å²) in [6.45, 7) is 4.82. The third kappa shape index (κ3) is 4.83. The summed E-state index contributed by atoms with van der Waals surface area (Å²) in [6, 6.07) is 12.8. The number of hydrogen-bond acceptors (Lipinski definition) is 7. The fourth-order valence-electron chi connectivity index (χ4n) is 3.61. The molecule has 4 aromatic rings. The van der Waals surface area contributed by atoms with Gasteiger partial charge in [-0.05, 0) is 58.2 Å². The molecule has 0 saturated carbocycles. The molecule has 2 heterocycles. The lowest BCUT2D eigenvalue weighted by Crippen LogP contribution is -2.44. The number of para-hydroxylation sites is 1. The zero-order chi connectivity index (χ0) is 24.2. The third-order valence-electron chi connectivity index (χ3n) is 5.44. The number of anilines is 1. The molecule has 1 atom stereocenters. The lowest BCUT2D eigenvalue weighted by Gasteiger charge is -2.22. The summed E-state index contributed by atoms with van der Waals surface area (Å²) in [5, 5.41) is 11.8. The first-order valence-corrected chi connectivity index (χ1v) is 11.7. The molecule has 0 radical (unpaired) electrons. The number of methoxy groups -OCH3 is 2. The van der Waals surface area contributed by atoms with Crippen molar-refractivity contribution in [1.82, 2.24) is 24.9 Å². The molecule has 0 spiro atoms. The van der Waals surface area contributed by atoms with E-state index in [1.54, 1.807) is 18.7 Å². The zero-order valence-corrected chi connectivity index (χ0v) is 21.1. The van der Waals surface area contributed by atoms with Crippen molar-refractivity contribution in [3.8, 4) is 17.1 Å². The van der Waals surface area contributed by atoms with Crippen LogP contribution in [0.2, 0.25) is 0 Å². The molecule has 4 rings (SSSR count). The standard InChI is InChI=1S/C24H27BrN6O3/c1-14(2)19(23(32)26-12-13-33-3)27-24-28-20-17(6-5-7-18(20)25)22-29-21(30-31(22)24)15-8-10-16(34-4)11-9-15/h5-11,14,19H,12-13H2,1-4H3,(H,26,32)(H,27,28)/t19-/m1/s1. The van der Waals surface area contributed by atoms with E-state index in [1.165, 1.54) is 0 Å². The maximum absolute atomic E-state index is 12.9. The average Bonchev–Trinajstić information content (AvgIpc) is 3.29. The highest BCUT2D eigenvalue weighted by Crippen LogP contribution is 2.29. The first kappa shape index (κ1) is 23.9. The Hall–Kier alpha value is -3.24. The molecule has 10 heteroatoms. The molecule has 0 unspecified atom stereocenters. The Morgan fingerprint density at radius 1 is 1.12 bits per heavy atom. The summed E-state index contributed by atoms with van der Waals surface area (Å²) in [7, 11) is 3.23. The summed E-state index contributed by atoms with van der Waals surface area (Å²) in [5.74, 6) is 1.60. The topological polar surface area (TPSA) is 103 Å². The van der Waals surface area contributed by atoms with Gasteiger partial charge >= 0.3 is 0 Å². The lowest BCUT2D eigenvalue weighted by atomic mass is 10.0. The van der Waals surface area contributed by atoms with Crippen LogP contribution in [0.25, 0.3) is 27.9 Å². The van der Waals surface area contributed by atoms with Gasteiger partial charge in [-0.25, -0.2) is 9.97 Å². The Morgan fingerprint density at radius 2 is 1.88 bits per heavy atom. The average molecular weight is 527 g/mol. The normalized spacial score (nSPS) is 12.3. The van der Waals surface area contributed by atoms with Gasteiger partial charge in [0.2, 0.25) is 11.9 Å². The summed E-state index contributed by atoms with van der Waals surface area (Å²) in [6.07, 6.45) is 0. The molecule has 0 aliphatic carbocycles. The van der Waals surface area contributed by atoms with Gasteiger partial charge in [0.1, 0.15) is 11.8 Å². The van der Waals surface area contributed by atoms with E-state index in [9.17, 15) is 4.79 Å². The Kier molecular flexibility index (Phi) is 7.28. The Balaban J connectivity index is 1.81. The number of nitrogens with one attached hydrogen (secondary N) is 2. The van der Waals surface area contributed by atoms with E-state index in [0.29, 0.717) is 30.6 Å². The number of nitrogens with zero attached hydrogens (tertiary/aromatic N) is 4. The number of carbonyl (C=O) groups excluding carboxylic acids is 1. The molecule has 0 aliphatic rings. The molecule has 2 aromatic carbocycles. The van der Waals surface area contributed by atoms with E-state index < -0.39 is 6.04 Å². The minimum Gasteiger partial charge on any atom is -0.497 e. The SMILES string of the molecule is COCCNC(=O)[C@H](Nc1nc2c(Br)cccc2c2nc(-c3ccc(OC)cc3)nn12)C(C)C. The molecule has 0 fully saturated rings. The summed E-state index contributed by atoms with van der Waals surface area (Å²) < 4.78 is 12.8. The molecule has 0 aliphatic heterocycles. The van der Waals surface area contributed by atoms with Gasteiger partial charge in [0.25, 0.3) is 0 Å². The Bertz CT molecular complexity index is 1310. The van der Waals surface area contributed by atoms with E-state index in [4.69, 9.17) is 24.5 Å². The van der Waals surface area contributed by atoms with Crippen LogP contribution in [0.4, 0.5) is 5.95 Å². The monoisotopic (exact) mass is 526 g/mol. The van der Waals surface area contributed by atoms with Gasteiger partial charge in [-0.1, -0.05) is 19.9 Å². The van der Waals surface area contributed by atoms with E-state index >= 15 is 0 Å². The first-order valence-electron chi connectivity index (χ1n) is 11.0. The van der Waals surface area contributed by atoms with Gasteiger partial charge in [-0.2, -0.15) is 4.52 Å². The molecule has 1 amide bonds. The number of rotatable bonds is 9. The molecule has 0 bridgehead atoms. The number of amides is 1. The summed E-state index contributed by atoms with van der Waals surface area (Å²) in [5.41, 5.74) is 2.21. The van der Waals surface area contributed by atoms with Crippen LogP contribution >= 0.6 is 15.9 Å². The van der Waals surface area contributed by atoms with Gasteiger partial charge in [0, 0.05) is 29.1 Å². The second-order valence-corrected chi connectivity index (χ2v) is 8.97. The molecule has 9 nitrogen and oxygen atoms in total. The van der Waals surface area contributed by atoms with Crippen molar-refractivity contribution in [1.29, 1.82) is 0 Å². The molecular formula is C24H27BrN6O3. The number of hydrogen-bond donors (Lipinski definition) is 2. The Morgan fingerprint density at radius 3 is 2.56 bits per heavy atom. The van der Waals surface area contributed by atoms with Crippen molar-refractivity contribution in [2.24, 2.45) is 5.92 Å². The largest absolute Gasteiger partial charge is 0.497 e. The van der Waals surface area contributed by atoms with Crippen molar-refractivity contribution in [2.45, 2.75) is 19.9 Å². The fraction of sp³-hybridized carbons (Fsp3) is 0.333. The minimum atomic E-state index is -0.527. The minimum absolute atomic E-state index is 0.00103. The molecule has 2 aromatic heterocycles. The van der Waals surface area contributed by atoms with Crippen LogP contribution in [0.3, 0.4) is 0 Å². The summed E-state index contributed by atoms with van der Waals surface area (Å²) in [4.78, 5) is 22.5. The fourth-order valence-corrected chi connectivity index (χ4v) is 4.07. The van der Waals surface area contributed by atoms with E-state index in [-0.39, 0.29) is 11.8 Å². The maximum Gasteiger partial charge on any atom is 0.242 e. The van der Waals surface area contributed by atoms with Crippen LogP contribution in [0.5, 0.6) is 5.75 Å². The quantitative estimate of drug-likeness (QED) is 0.318. The van der Waals surface area contributed by atoms with Crippen LogP contribution in [0, 0.1) is 5.92 Å². The number of halogens is 1. The van der Waals surface area contributed by atoms with Crippen molar-refractivity contribution in [3.05, 3.63) is 46.9 Å². The molecule has 2 N–H and O–H groups in total. The zero-order valence-electron chi connectivity index (χ0n) is 19.5. The van der Waals surface area contributed by atoms with E-state index in [1.807, 2.05) is 56.3 Å². The molecule has 34 heavy (non-hydrogen) atoms. The second kappa shape index (κ2) is 10.4. The smallest absolute Gasteiger partial charge is 0.242 e. The molecular weight excluding hydrogens is 500 g/mol. The van der Waals surface area contributed by atoms with Crippen molar-refractivity contribution in [3.63, 3.8) is 0 Å². The Labute approximate surface area is 206 Å². The predicted molar refractivity (Wildman–Crippen MR) is 135 cm³/mol. The van der Waals surface area contributed by atoms with Crippen LogP contribution in [0.15, 0.2) is 46.9 Å². The first-order chi connectivity index (χ1) is 16.4.